The fourth-order valence-electron chi connectivity index (χ4n) is 6.66. The van der Waals surface area contributed by atoms with Crippen LogP contribution in [0.3, 0.4) is 0 Å². The van der Waals surface area contributed by atoms with E-state index in [0.29, 0.717) is 0 Å². The van der Waals surface area contributed by atoms with Crippen molar-refractivity contribution in [1.82, 2.24) is 4.90 Å². The van der Waals surface area contributed by atoms with Gasteiger partial charge in [-0.1, -0.05) is 134 Å². The van der Waals surface area contributed by atoms with Crippen LogP contribution in [0.1, 0.15) is 194 Å². The highest BCUT2D eigenvalue weighted by Crippen LogP contribution is 2.40. The Morgan fingerprint density at radius 1 is 0.543 bits per heavy atom. The lowest BCUT2D eigenvalue weighted by molar-refractivity contribution is -0.235. The molecule has 0 saturated heterocycles. The van der Waals surface area contributed by atoms with Crippen molar-refractivity contribution in [2.75, 3.05) is 33.9 Å². The van der Waals surface area contributed by atoms with E-state index >= 15 is 0 Å². The van der Waals surface area contributed by atoms with Gasteiger partial charge in [0.15, 0.2) is 5.79 Å². The van der Waals surface area contributed by atoms with E-state index in [0.717, 1.165) is 38.4 Å². The third-order valence-corrected chi connectivity index (χ3v) is 9.75. The normalized spacial score (nSPS) is 18.8. The molecule has 0 aromatic heterocycles. The zero-order valence-corrected chi connectivity index (χ0v) is 31.7. The Kier molecular flexibility index (Phi) is 30.6. The molecule has 2 unspecified atom stereocenters. The number of hydrogen-bond acceptors (Lipinski definition) is 3. The molecule has 0 aliphatic heterocycles. The summed E-state index contributed by atoms with van der Waals surface area (Å²) >= 11 is 0. The molecule has 0 heterocycles. The summed E-state index contributed by atoms with van der Waals surface area (Å²) in [5.41, 5.74) is 0. The maximum Gasteiger partial charge on any atom is 0.168 e. The minimum atomic E-state index is -0.312. The predicted octanol–water partition coefficient (Wildman–Crippen LogP) is 13.5. The molecule has 0 N–H and O–H groups in total. The topological polar surface area (TPSA) is 21.7 Å². The van der Waals surface area contributed by atoms with Gasteiger partial charge in [0.05, 0.1) is 13.2 Å². The van der Waals surface area contributed by atoms with Crippen LogP contribution in [0, 0.1) is 5.92 Å². The Labute approximate surface area is 289 Å². The Hall–Kier alpha value is -0.900. The van der Waals surface area contributed by atoms with E-state index in [1.807, 2.05) is 0 Å². The van der Waals surface area contributed by atoms with E-state index in [1.54, 1.807) is 0 Å². The summed E-state index contributed by atoms with van der Waals surface area (Å²) < 4.78 is 13.2. The number of hydrogen-bond donors (Lipinski definition) is 0. The maximum absolute atomic E-state index is 6.61. The van der Waals surface area contributed by atoms with Gasteiger partial charge >= 0.3 is 0 Å². The van der Waals surface area contributed by atoms with Crippen molar-refractivity contribution >= 4 is 0 Å². The van der Waals surface area contributed by atoms with Crippen LogP contribution >= 0.6 is 0 Å². The van der Waals surface area contributed by atoms with Gasteiger partial charge in [0.1, 0.15) is 0 Å². The van der Waals surface area contributed by atoms with Crippen LogP contribution in [0.25, 0.3) is 0 Å². The Balaban J connectivity index is 2.14. The van der Waals surface area contributed by atoms with Crippen molar-refractivity contribution in [2.45, 2.75) is 199 Å². The minimum absolute atomic E-state index is 0.312. The van der Waals surface area contributed by atoms with E-state index in [9.17, 15) is 0 Å². The van der Waals surface area contributed by atoms with Crippen LogP contribution in [0.2, 0.25) is 0 Å². The summed E-state index contributed by atoms with van der Waals surface area (Å²) in [7, 11) is 4.37. The summed E-state index contributed by atoms with van der Waals surface area (Å²) in [6.45, 7) is 7.45. The Bertz CT molecular complexity index is 714. The lowest BCUT2D eigenvalue weighted by atomic mass is 10.0. The Morgan fingerprint density at radius 2 is 0.957 bits per heavy atom. The molecule has 3 heteroatoms. The van der Waals surface area contributed by atoms with Crippen molar-refractivity contribution in [3.8, 4) is 0 Å². The van der Waals surface area contributed by atoms with Gasteiger partial charge in [-0.2, -0.15) is 0 Å². The first-order valence-electron chi connectivity index (χ1n) is 20.5. The molecular weight excluding hydrogens is 562 g/mol. The molecule has 270 valence electrons. The smallest absolute Gasteiger partial charge is 0.168 e. The average molecular weight is 644 g/mol. The zero-order valence-electron chi connectivity index (χ0n) is 31.7. The van der Waals surface area contributed by atoms with Gasteiger partial charge in [0.25, 0.3) is 0 Å². The molecule has 1 aliphatic carbocycles. The Morgan fingerprint density at radius 3 is 1.46 bits per heavy atom. The highest BCUT2D eigenvalue weighted by molar-refractivity contribution is 4.92. The van der Waals surface area contributed by atoms with Crippen molar-refractivity contribution in [1.29, 1.82) is 0 Å². The highest BCUT2D eigenvalue weighted by Gasteiger charge is 2.40. The van der Waals surface area contributed by atoms with Crippen molar-refractivity contribution in [3.05, 3.63) is 36.5 Å². The number of allylic oxidation sites excluding steroid dienone is 6. The van der Waals surface area contributed by atoms with Crippen LogP contribution in [0.5, 0.6) is 0 Å². The van der Waals surface area contributed by atoms with Gasteiger partial charge in [0.2, 0.25) is 0 Å². The van der Waals surface area contributed by atoms with Crippen molar-refractivity contribution in [2.24, 2.45) is 5.92 Å². The second-order valence-electron chi connectivity index (χ2n) is 14.6. The molecule has 46 heavy (non-hydrogen) atoms. The monoisotopic (exact) mass is 644 g/mol. The van der Waals surface area contributed by atoms with E-state index in [4.69, 9.17) is 9.47 Å². The molecule has 1 rings (SSSR count). The van der Waals surface area contributed by atoms with Gasteiger partial charge in [-0.3, -0.25) is 0 Å². The van der Waals surface area contributed by atoms with E-state index in [1.165, 1.54) is 167 Å². The molecule has 0 bridgehead atoms. The van der Waals surface area contributed by atoms with Gasteiger partial charge in [0, 0.05) is 12.8 Å². The molecular formula is C43H81NO2. The van der Waals surface area contributed by atoms with E-state index in [2.05, 4.69) is 69.3 Å². The quantitative estimate of drug-likeness (QED) is 0.0395. The average Bonchev–Trinajstić information content (AvgIpc) is 3.46. The molecule has 1 aliphatic rings. The lowest BCUT2D eigenvalue weighted by Crippen LogP contribution is -2.34. The summed E-state index contributed by atoms with van der Waals surface area (Å²) in [6.07, 6.45) is 50.3. The second kappa shape index (κ2) is 32.6. The molecule has 2 atom stereocenters. The standard InChI is InChI=1S/C43H81NO2/c1-5-7-9-11-13-15-17-19-21-23-25-27-29-31-33-39-45-43(37-35-42(41-43)36-38-44(3)4)46-40-34-32-30-28-26-24-22-20-18-16-14-12-10-8-6-2/h13,15,19-22,42H,5-12,14,16-18,23-41H2,1-4H3/b15-13-,21-19-,22-20-. The number of ether oxygens (including phenoxy) is 2. The molecule has 1 fully saturated rings. The third-order valence-electron chi connectivity index (χ3n) is 9.75. The first-order chi connectivity index (χ1) is 22.6. The first-order valence-corrected chi connectivity index (χ1v) is 20.5. The first kappa shape index (κ1) is 43.1. The molecule has 0 aromatic carbocycles. The van der Waals surface area contributed by atoms with E-state index < -0.39 is 0 Å². The predicted molar refractivity (Wildman–Crippen MR) is 205 cm³/mol. The fraction of sp³-hybridized carbons (Fsp3) is 0.860. The van der Waals surface area contributed by atoms with E-state index in [-0.39, 0.29) is 5.79 Å². The minimum Gasteiger partial charge on any atom is -0.350 e. The summed E-state index contributed by atoms with van der Waals surface area (Å²) in [4.78, 5) is 2.32. The molecule has 1 saturated carbocycles. The third kappa shape index (κ3) is 27.1. The van der Waals surface area contributed by atoms with Crippen LogP contribution < -0.4 is 0 Å². The summed E-state index contributed by atoms with van der Waals surface area (Å²) in [5, 5.41) is 0. The summed E-state index contributed by atoms with van der Waals surface area (Å²) in [6, 6.07) is 0. The number of rotatable bonds is 34. The highest BCUT2D eigenvalue weighted by atomic mass is 16.7. The lowest BCUT2D eigenvalue weighted by Gasteiger charge is -2.30. The maximum atomic E-state index is 6.61. The van der Waals surface area contributed by atoms with Gasteiger partial charge in [-0.15, -0.1) is 0 Å². The van der Waals surface area contributed by atoms with Crippen LogP contribution in [0.15, 0.2) is 36.5 Å². The SMILES string of the molecule is CCCCC/C=C\C/C=C\CCCCCCCOC1(OCCCCCCC/C=C\CCCCCCCC)CCC(CCN(C)C)C1. The van der Waals surface area contributed by atoms with Gasteiger partial charge < -0.3 is 14.4 Å². The second-order valence-corrected chi connectivity index (χ2v) is 14.6. The zero-order chi connectivity index (χ0) is 33.2. The van der Waals surface area contributed by atoms with Crippen molar-refractivity contribution in [3.63, 3.8) is 0 Å². The molecule has 0 aromatic rings. The van der Waals surface area contributed by atoms with Crippen LogP contribution in [-0.4, -0.2) is 44.5 Å². The van der Waals surface area contributed by atoms with Crippen LogP contribution in [-0.2, 0) is 9.47 Å². The number of unbranched alkanes of at least 4 members (excludes halogenated alkanes) is 19. The molecule has 0 radical (unpaired) electrons. The molecule has 0 spiro atoms. The number of nitrogens with zero attached hydrogens (tertiary/aromatic N) is 1. The molecule has 0 amide bonds. The molecule has 3 nitrogen and oxygen atoms in total. The van der Waals surface area contributed by atoms with Crippen LogP contribution in [0.4, 0.5) is 0 Å². The fourth-order valence-corrected chi connectivity index (χ4v) is 6.66. The van der Waals surface area contributed by atoms with Gasteiger partial charge in [-0.25, -0.2) is 0 Å². The van der Waals surface area contributed by atoms with Crippen molar-refractivity contribution < 1.29 is 9.47 Å². The summed E-state index contributed by atoms with van der Waals surface area (Å²) in [5.74, 6) is 0.425. The van der Waals surface area contributed by atoms with Gasteiger partial charge in [-0.05, 0) is 110 Å². The largest absolute Gasteiger partial charge is 0.350 e.